The Labute approximate surface area is 389 Å². The van der Waals surface area contributed by atoms with Gasteiger partial charge in [0.1, 0.15) is 0 Å². The van der Waals surface area contributed by atoms with Crippen LogP contribution in [0.2, 0.25) is 0 Å². The Hall–Kier alpha value is -8.92. The van der Waals surface area contributed by atoms with Crippen molar-refractivity contribution in [3.05, 3.63) is 261 Å². The van der Waals surface area contributed by atoms with Gasteiger partial charge in [-0.1, -0.05) is 182 Å². The SMILES string of the molecule is c1ccc(-c2ccc(N(c3ccc(-c4ccc(-n5c6ccccc6c6ccccc65)cc4)cc3)c3ccc(-c4ccc5c6ccccc6n(-c6ccccc6)c5c4)c4ccccc34)cc2)cc1. The van der Waals surface area contributed by atoms with Gasteiger partial charge in [-0.25, -0.2) is 0 Å². The second-order valence-electron chi connectivity index (χ2n) is 17.3. The molecule has 314 valence electrons. The Bertz CT molecular complexity index is 3880. The maximum absolute atomic E-state index is 2.41. The lowest BCUT2D eigenvalue weighted by molar-refractivity contribution is 1.18. The van der Waals surface area contributed by atoms with Crippen molar-refractivity contribution in [2.24, 2.45) is 0 Å². The standard InChI is InChI=1S/C64H43N3/c1-3-15-44(16-4-1)45-27-34-50(35-28-45)65(51-36-29-46(30-37-51)47-31-38-52(39-32-47)66-60-24-12-9-21-56(60)57-22-10-13-25-61(57)66)63-42-41-53(54-19-7-8-20-55(54)63)48-33-40-59-58-23-11-14-26-62(58)67(64(59)43-48)49-17-5-2-6-18-49/h1-43H. The van der Waals surface area contributed by atoms with Crippen LogP contribution >= 0.6 is 0 Å². The molecule has 67 heavy (non-hydrogen) atoms. The molecule has 0 atom stereocenters. The number of aromatic nitrogens is 2. The van der Waals surface area contributed by atoms with Gasteiger partial charge in [-0.05, 0) is 118 Å². The van der Waals surface area contributed by atoms with Gasteiger partial charge in [0.15, 0.2) is 0 Å². The lowest BCUT2D eigenvalue weighted by Gasteiger charge is -2.28. The molecule has 0 aliphatic heterocycles. The smallest absolute Gasteiger partial charge is 0.0547 e. The van der Waals surface area contributed by atoms with Crippen molar-refractivity contribution in [2.75, 3.05) is 4.90 Å². The highest BCUT2D eigenvalue weighted by Crippen LogP contribution is 2.44. The first-order valence-corrected chi connectivity index (χ1v) is 23.0. The summed E-state index contributed by atoms with van der Waals surface area (Å²) in [6, 6.07) is 94.9. The van der Waals surface area contributed by atoms with Crippen molar-refractivity contribution in [1.29, 1.82) is 0 Å². The molecule has 0 aliphatic rings. The molecule has 13 aromatic rings. The van der Waals surface area contributed by atoms with E-state index in [2.05, 4.69) is 275 Å². The van der Waals surface area contributed by atoms with E-state index in [4.69, 9.17) is 0 Å². The van der Waals surface area contributed by atoms with E-state index in [1.807, 2.05) is 0 Å². The predicted octanol–water partition coefficient (Wildman–Crippen LogP) is 17.5. The molecule has 0 bridgehead atoms. The molecule has 11 aromatic carbocycles. The quantitative estimate of drug-likeness (QED) is 0.148. The molecule has 13 rings (SSSR count). The van der Waals surface area contributed by atoms with Crippen molar-refractivity contribution < 1.29 is 0 Å². The summed E-state index contributed by atoms with van der Waals surface area (Å²) >= 11 is 0. The van der Waals surface area contributed by atoms with Crippen LogP contribution in [0.1, 0.15) is 0 Å². The monoisotopic (exact) mass is 853 g/mol. The minimum absolute atomic E-state index is 1.09. The summed E-state index contributed by atoms with van der Waals surface area (Å²) in [5, 5.41) is 7.42. The fourth-order valence-corrected chi connectivity index (χ4v) is 10.4. The summed E-state index contributed by atoms with van der Waals surface area (Å²) in [5.74, 6) is 0. The fourth-order valence-electron chi connectivity index (χ4n) is 10.4. The van der Waals surface area contributed by atoms with E-state index in [0.29, 0.717) is 0 Å². The minimum Gasteiger partial charge on any atom is -0.310 e. The first kappa shape index (κ1) is 38.5. The summed E-state index contributed by atoms with van der Waals surface area (Å²) in [5.41, 5.74) is 17.5. The van der Waals surface area contributed by atoms with Gasteiger partial charge in [-0.2, -0.15) is 0 Å². The van der Waals surface area contributed by atoms with E-state index in [1.165, 1.54) is 87.8 Å². The van der Waals surface area contributed by atoms with Gasteiger partial charge in [0.2, 0.25) is 0 Å². The summed E-state index contributed by atoms with van der Waals surface area (Å²) < 4.78 is 4.77. The number of nitrogens with zero attached hydrogens (tertiary/aromatic N) is 3. The Kier molecular flexibility index (Phi) is 9.17. The molecule has 2 heterocycles. The molecular weight excluding hydrogens is 811 g/mol. The highest BCUT2D eigenvalue weighted by atomic mass is 15.1. The lowest BCUT2D eigenvalue weighted by atomic mass is 9.95. The molecule has 0 amide bonds. The van der Waals surface area contributed by atoms with E-state index < -0.39 is 0 Å². The van der Waals surface area contributed by atoms with E-state index >= 15 is 0 Å². The number of hydrogen-bond acceptors (Lipinski definition) is 1. The van der Waals surface area contributed by atoms with E-state index in [9.17, 15) is 0 Å². The normalized spacial score (nSPS) is 11.6. The fraction of sp³-hybridized carbons (Fsp3) is 0. The first-order valence-electron chi connectivity index (χ1n) is 23.0. The number of benzene rings is 11. The average Bonchev–Trinajstić information content (AvgIpc) is 3.92. The van der Waals surface area contributed by atoms with Gasteiger partial charge in [-0.3, -0.25) is 0 Å². The summed E-state index contributed by atoms with van der Waals surface area (Å²) in [4.78, 5) is 2.41. The number of fused-ring (bicyclic) bond motifs is 7. The molecular formula is C64H43N3. The predicted molar refractivity (Wildman–Crippen MR) is 284 cm³/mol. The van der Waals surface area contributed by atoms with E-state index in [1.54, 1.807) is 0 Å². The molecule has 0 fully saturated rings. The van der Waals surface area contributed by atoms with Crippen molar-refractivity contribution in [1.82, 2.24) is 9.13 Å². The van der Waals surface area contributed by atoms with Crippen LogP contribution in [-0.2, 0) is 0 Å². The largest absolute Gasteiger partial charge is 0.310 e. The van der Waals surface area contributed by atoms with Crippen molar-refractivity contribution in [2.45, 2.75) is 0 Å². The third-order valence-electron chi connectivity index (χ3n) is 13.5. The highest BCUT2D eigenvalue weighted by Gasteiger charge is 2.20. The zero-order valence-corrected chi connectivity index (χ0v) is 36.7. The van der Waals surface area contributed by atoms with Crippen LogP contribution in [0.4, 0.5) is 17.1 Å². The average molecular weight is 854 g/mol. The number of rotatable bonds is 8. The maximum Gasteiger partial charge on any atom is 0.0547 e. The number of hydrogen-bond donors (Lipinski definition) is 0. The summed E-state index contributed by atoms with van der Waals surface area (Å²) in [6.07, 6.45) is 0. The molecule has 2 aromatic heterocycles. The molecule has 0 saturated carbocycles. The Morgan fingerprint density at radius 2 is 0.627 bits per heavy atom. The van der Waals surface area contributed by atoms with Gasteiger partial charge in [0.25, 0.3) is 0 Å². The van der Waals surface area contributed by atoms with Gasteiger partial charge in [-0.15, -0.1) is 0 Å². The van der Waals surface area contributed by atoms with Crippen molar-refractivity contribution >= 4 is 71.4 Å². The van der Waals surface area contributed by atoms with Crippen LogP contribution in [0.5, 0.6) is 0 Å². The van der Waals surface area contributed by atoms with Gasteiger partial charge in [0.05, 0.1) is 27.8 Å². The number of para-hydroxylation sites is 4. The van der Waals surface area contributed by atoms with Crippen molar-refractivity contribution in [3.63, 3.8) is 0 Å². The zero-order chi connectivity index (χ0) is 44.3. The third kappa shape index (κ3) is 6.51. The topological polar surface area (TPSA) is 13.1 Å². The Balaban J connectivity index is 0.913. The van der Waals surface area contributed by atoms with Crippen LogP contribution in [0.15, 0.2) is 261 Å². The van der Waals surface area contributed by atoms with Gasteiger partial charge >= 0.3 is 0 Å². The molecule has 0 aliphatic carbocycles. The van der Waals surface area contributed by atoms with Crippen LogP contribution in [0.25, 0.3) is 99.1 Å². The maximum atomic E-state index is 2.41. The molecule has 3 heteroatoms. The molecule has 3 nitrogen and oxygen atoms in total. The van der Waals surface area contributed by atoms with Crippen LogP contribution in [-0.4, -0.2) is 9.13 Å². The second kappa shape index (κ2) is 16.0. The Morgan fingerprint density at radius 3 is 1.18 bits per heavy atom. The summed E-state index contributed by atoms with van der Waals surface area (Å²) in [7, 11) is 0. The number of anilines is 3. The first-order chi connectivity index (χ1) is 33.2. The molecule has 0 radical (unpaired) electrons. The van der Waals surface area contributed by atoms with Crippen LogP contribution in [0.3, 0.4) is 0 Å². The third-order valence-corrected chi connectivity index (χ3v) is 13.5. The minimum atomic E-state index is 1.09. The van der Waals surface area contributed by atoms with E-state index in [-0.39, 0.29) is 0 Å². The van der Waals surface area contributed by atoms with E-state index in [0.717, 1.165) is 28.4 Å². The highest BCUT2D eigenvalue weighted by molar-refractivity contribution is 6.12. The van der Waals surface area contributed by atoms with Gasteiger partial charge < -0.3 is 14.0 Å². The molecule has 0 unspecified atom stereocenters. The molecule has 0 spiro atoms. The second-order valence-corrected chi connectivity index (χ2v) is 17.3. The molecule has 0 saturated heterocycles. The lowest BCUT2D eigenvalue weighted by Crippen LogP contribution is -2.10. The zero-order valence-electron chi connectivity index (χ0n) is 36.7. The van der Waals surface area contributed by atoms with Gasteiger partial charge in [0, 0.05) is 49.7 Å². The van der Waals surface area contributed by atoms with Crippen molar-refractivity contribution in [3.8, 4) is 44.8 Å². The molecule has 0 N–H and O–H groups in total. The van der Waals surface area contributed by atoms with Crippen LogP contribution in [0, 0.1) is 0 Å². The van der Waals surface area contributed by atoms with Crippen LogP contribution < -0.4 is 4.90 Å². The Morgan fingerprint density at radius 1 is 0.239 bits per heavy atom. The summed E-state index contributed by atoms with van der Waals surface area (Å²) in [6.45, 7) is 0.